The molecule has 1 atom stereocenters. The third-order valence-corrected chi connectivity index (χ3v) is 5.18. The van der Waals surface area contributed by atoms with Crippen molar-refractivity contribution < 1.29 is 22.0 Å². The third-order valence-electron chi connectivity index (χ3n) is 3.33. The number of hydrogen-bond donors (Lipinski definition) is 2. The first-order valence-corrected chi connectivity index (χ1v) is 8.48. The summed E-state index contributed by atoms with van der Waals surface area (Å²) in [5.41, 5.74) is -0.949. The highest BCUT2D eigenvalue weighted by Gasteiger charge is 2.32. The Bertz CT molecular complexity index is 705. The molecule has 0 heterocycles. The van der Waals surface area contributed by atoms with Crippen molar-refractivity contribution in [3.63, 3.8) is 0 Å². The van der Waals surface area contributed by atoms with Gasteiger partial charge in [-0.15, -0.1) is 0 Å². The molecule has 1 aromatic carbocycles. The maximum atomic E-state index is 14.2. The third kappa shape index (κ3) is 3.41. The van der Waals surface area contributed by atoms with Crippen molar-refractivity contribution in [2.24, 2.45) is 11.1 Å². The van der Waals surface area contributed by atoms with Gasteiger partial charge in [-0.25, -0.2) is 22.3 Å². The second-order valence-electron chi connectivity index (χ2n) is 5.00. The first kappa shape index (κ1) is 16.3. The van der Waals surface area contributed by atoms with Gasteiger partial charge in [0.1, 0.15) is 16.3 Å². The number of nitrogens with two attached hydrogens (primary N) is 1. The van der Waals surface area contributed by atoms with Crippen molar-refractivity contribution >= 4 is 31.9 Å². The second kappa shape index (κ2) is 5.62. The number of primary sulfonamides is 1. The molecule has 1 amide bonds. The highest BCUT2D eigenvalue weighted by molar-refractivity contribution is 9.10. The van der Waals surface area contributed by atoms with E-state index in [2.05, 4.69) is 21.2 Å². The summed E-state index contributed by atoms with van der Waals surface area (Å²) in [5.74, 6) is -3.37. The van der Waals surface area contributed by atoms with E-state index in [0.717, 1.165) is 12.8 Å². The first-order chi connectivity index (χ1) is 9.62. The summed E-state index contributed by atoms with van der Waals surface area (Å²) < 4.78 is 50.4. The fourth-order valence-corrected chi connectivity index (χ4v) is 3.77. The van der Waals surface area contributed by atoms with E-state index in [1.54, 1.807) is 6.92 Å². The van der Waals surface area contributed by atoms with Gasteiger partial charge in [0.05, 0.1) is 0 Å². The summed E-state index contributed by atoms with van der Waals surface area (Å²) in [6.45, 7) is 1.73. The molecule has 1 aliphatic rings. The molecule has 9 heteroatoms. The lowest BCUT2D eigenvalue weighted by Crippen LogP contribution is -2.35. The molecule has 0 radical (unpaired) electrons. The second-order valence-corrected chi connectivity index (χ2v) is 7.36. The van der Waals surface area contributed by atoms with Crippen LogP contribution in [0.1, 0.15) is 30.1 Å². The number of sulfonamides is 1. The summed E-state index contributed by atoms with van der Waals surface area (Å²) in [6.07, 6.45) is 1.88. The maximum Gasteiger partial charge on any atom is 0.257 e. The first-order valence-electron chi connectivity index (χ1n) is 6.14. The van der Waals surface area contributed by atoms with E-state index >= 15 is 0 Å². The van der Waals surface area contributed by atoms with Gasteiger partial charge < -0.3 is 5.32 Å². The number of carbonyl (C=O) groups is 1. The predicted molar refractivity (Wildman–Crippen MR) is 75.1 cm³/mol. The topological polar surface area (TPSA) is 89.3 Å². The van der Waals surface area contributed by atoms with Crippen molar-refractivity contribution in [1.82, 2.24) is 5.32 Å². The van der Waals surface area contributed by atoms with Gasteiger partial charge >= 0.3 is 0 Å². The Hall–Kier alpha value is -1.06. The van der Waals surface area contributed by atoms with Gasteiger partial charge in [0.15, 0.2) is 5.82 Å². The molecule has 116 valence electrons. The quantitative estimate of drug-likeness (QED) is 0.833. The zero-order valence-corrected chi connectivity index (χ0v) is 13.4. The fraction of sp³-hybridized carbons (Fsp3) is 0.417. The van der Waals surface area contributed by atoms with Crippen LogP contribution >= 0.6 is 15.9 Å². The molecule has 1 saturated carbocycles. The molecule has 1 aromatic rings. The van der Waals surface area contributed by atoms with E-state index < -0.39 is 38.0 Å². The zero-order valence-electron chi connectivity index (χ0n) is 11.0. The predicted octanol–water partition coefficient (Wildman–Crippen LogP) is 1.90. The van der Waals surface area contributed by atoms with Crippen LogP contribution in [0.4, 0.5) is 8.78 Å². The number of nitrogens with one attached hydrogen (secondary N) is 1. The van der Waals surface area contributed by atoms with Crippen molar-refractivity contribution in [3.8, 4) is 0 Å². The van der Waals surface area contributed by atoms with E-state index in [-0.39, 0.29) is 16.4 Å². The minimum absolute atomic E-state index is 0.238. The van der Waals surface area contributed by atoms with Gasteiger partial charge in [0.2, 0.25) is 10.0 Å². The Kier molecular flexibility index (Phi) is 4.36. The summed E-state index contributed by atoms with van der Waals surface area (Å²) in [4.78, 5) is 11.0. The molecule has 1 aliphatic carbocycles. The van der Waals surface area contributed by atoms with Gasteiger partial charge in [-0.2, -0.15) is 0 Å². The highest BCUT2D eigenvalue weighted by Crippen LogP contribution is 2.33. The van der Waals surface area contributed by atoms with Crippen LogP contribution in [0.15, 0.2) is 15.4 Å². The van der Waals surface area contributed by atoms with Crippen molar-refractivity contribution in [2.75, 3.05) is 0 Å². The molecule has 1 unspecified atom stereocenters. The van der Waals surface area contributed by atoms with Crippen molar-refractivity contribution in [2.45, 2.75) is 30.7 Å². The molecular formula is C12H13BrF2N2O3S. The van der Waals surface area contributed by atoms with E-state index in [1.165, 1.54) is 0 Å². The van der Waals surface area contributed by atoms with E-state index in [1.807, 2.05) is 0 Å². The SMILES string of the molecule is CC(NC(=O)c1c(F)cc(Br)c(S(N)(=O)=O)c1F)C1CC1. The van der Waals surface area contributed by atoms with Crippen LogP contribution in [0.3, 0.4) is 0 Å². The standard InChI is InChI=1S/C12H13BrF2N2O3S/c1-5(6-2-3-6)17-12(18)9-8(14)4-7(13)11(10(9)15)21(16,19)20/h4-6H,2-3H2,1H3,(H,17,18)(H2,16,19,20). The van der Waals surface area contributed by atoms with Crippen LogP contribution in [0.5, 0.6) is 0 Å². The van der Waals surface area contributed by atoms with Gasteiger partial charge in [-0.1, -0.05) is 0 Å². The summed E-state index contributed by atoms with van der Waals surface area (Å²) in [7, 11) is -4.44. The summed E-state index contributed by atoms with van der Waals surface area (Å²) in [5, 5.41) is 7.35. The van der Waals surface area contributed by atoms with Crippen LogP contribution in [-0.4, -0.2) is 20.4 Å². The molecule has 2 rings (SSSR count). The largest absolute Gasteiger partial charge is 0.349 e. The van der Waals surface area contributed by atoms with Crippen molar-refractivity contribution in [1.29, 1.82) is 0 Å². The highest BCUT2D eigenvalue weighted by atomic mass is 79.9. The van der Waals surface area contributed by atoms with Crippen LogP contribution < -0.4 is 10.5 Å². The Morgan fingerprint density at radius 1 is 1.48 bits per heavy atom. The van der Waals surface area contributed by atoms with Crippen LogP contribution in [0.25, 0.3) is 0 Å². The molecule has 0 saturated heterocycles. The van der Waals surface area contributed by atoms with Gasteiger partial charge in [0.25, 0.3) is 5.91 Å². The Balaban J connectivity index is 2.45. The molecule has 5 nitrogen and oxygen atoms in total. The summed E-state index contributed by atoms with van der Waals surface area (Å²) >= 11 is 2.73. The van der Waals surface area contributed by atoms with Gasteiger partial charge in [-0.05, 0) is 47.7 Å². The number of hydrogen-bond acceptors (Lipinski definition) is 3. The normalized spacial score (nSPS) is 16.6. The molecule has 0 aromatic heterocycles. The number of benzene rings is 1. The van der Waals surface area contributed by atoms with E-state index in [4.69, 9.17) is 5.14 Å². The van der Waals surface area contributed by atoms with Crippen LogP contribution in [0.2, 0.25) is 0 Å². The Labute approximate surface area is 129 Å². The fourth-order valence-electron chi connectivity index (χ4n) is 2.03. The Morgan fingerprint density at radius 2 is 2.05 bits per heavy atom. The number of rotatable bonds is 4. The summed E-state index contributed by atoms with van der Waals surface area (Å²) in [6, 6.07) is 0.470. The molecule has 0 bridgehead atoms. The average Bonchev–Trinajstić information content (AvgIpc) is 3.08. The van der Waals surface area contributed by atoms with Gasteiger partial charge in [0, 0.05) is 10.5 Å². The molecule has 21 heavy (non-hydrogen) atoms. The number of amides is 1. The monoisotopic (exact) mass is 382 g/mol. The number of carbonyl (C=O) groups excluding carboxylic acids is 1. The lowest BCUT2D eigenvalue weighted by atomic mass is 10.1. The molecular weight excluding hydrogens is 370 g/mol. The van der Waals surface area contributed by atoms with Crippen LogP contribution in [-0.2, 0) is 10.0 Å². The zero-order chi connectivity index (χ0) is 15.9. The molecule has 0 spiro atoms. The van der Waals surface area contributed by atoms with Crippen molar-refractivity contribution in [3.05, 3.63) is 27.7 Å². The van der Waals surface area contributed by atoms with Gasteiger partial charge in [-0.3, -0.25) is 4.79 Å². The van der Waals surface area contributed by atoms with E-state index in [0.29, 0.717) is 6.07 Å². The maximum absolute atomic E-state index is 14.2. The minimum Gasteiger partial charge on any atom is -0.349 e. The molecule has 0 aliphatic heterocycles. The number of halogens is 3. The molecule has 3 N–H and O–H groups in total. The lowest BCUT2D eigenvalue weighted by molar-refractivity contribution is 0.0926. The average molecular weight is 383 g/mol. The minimum atomic E-state index is -4.44. The Morgan fingerprint density at radius 3 is 2.52 bits per heavy atom. The smallest absolute Gasteiger partial charge is 0.257 e. The van der Waals surface area contributed by atoms with Crippen LogP contribution in [0, 0.1) is 17.6 Å². The molecule has 1 fully saturated rings. The lowest BCUT2D eigenvalue weighted by Gasteiger charge is -2.15. The van der Waals surface area contributed by atoms with E-state index in [9.17, 15) is 22.0 Å².